The highest BCUT2D eigenvalue weighted by molar-refractivity contribution is 5.97. The van der Waals surface area contributed by atoms with Crippen LogP contribution in [0.15, 0.2) is 18.2 Å². The van der Waals surface area contributed by atoms with Gasteiger partial charge in [-0.2, -0.15) is 0 Å². The second kappa shape index (κ2) is 7.13. The van der Waals surface area contributed by atoms with Gasteiger partial charge in [-0.15, -0.1) is 0 Å². The van der Waals surface area contributed by atoms with Crippen LogP contribution in [0, 0.1) is 13.8 Å². The van der Waals surface area contributed by atoms with Crippen LogP contribution in [-0.4, -0.2) is 61.5 Å². The molecule has 0 aromatic heterocycles. The molecular weight excluding hydrogens is 346 g/mol. The third-order valence-corrected chi connectivity index (χ3v) is 5.88. The molecule has 3 aliphatic heterocycles. The highest BCUT2D eigenvalue weighted by atomic mass is 16.7. The van der Waals surface area contributed by atoms with Gasteiger partial charge in [-0.1, -0.05) is 6.07 Å². The fourth-order valence-electron chi connectivity index (χ4n) is 4.05. The maximum Gasteiger partial charge on any atom is 0.317 e. The topological polar surface area (TPSA) is 71.1 Å². The Morgan fingerprint density at radius 1 is 1.15 bits per heavy atom. The molecule has 3 heterocycles. The van der Waals surface area contributed by atoms with E-state index in [1.165, 1.54) is 5.56 Å². The van der Waals surface area contributed by atoms with Crippen LogP contribution in [-0.2, 0) is 14.3 Å². The van der Waals surface area contributed by atoms with Gasteiger partial charge >= 0.3 is 6.03 Å². The first-order valence-electron chi connectivity index (χ1n) is 9.67. The normalized spacial score (nSPS) is 24.7. The number of amides is 3. The van der Waals surface area contributed by atoms with Crippen LogP contribution in [0.25, 0.3) is 0 Å². The zero-order valence-corrected chi connectivity index (χ0v) is 16.0. The van der Waals surface area contributed by atoms with Gasteiger partial charge in [0.2, 0.25) is 5.91 Å². The molecule has 3 fully saturated rings. The number of rotatable bonds is 2. The molecule has 1 spiro atoms. The molecule has 3 aliphatic rings. The number of hydrogen-bond acceptors (Lipinski definition) is 4. The summed E-state index contributed by atoms with van der Waals surface area (Å²) in [5.41, 5.74) is 3.26. The second-order valence-electron chi connectivity index (χ2n) is 7.72. The van der Waals surface area contributed by atoms with Crippen molar-refractivity contribution in [2.75, 3.05) is 37.7 Å². The van der Waals surface area contributed by atoms with Crippen LogP contribution in [0.4, 0.5) is 10.5 Å². The van der Waals surface area contributed by atoms with Crippen molar-refractivity contribution in [2.24, 2.45) is 0 Å². The maximum absolute atomic E-state index is 12.6. The molecule has 0 saturated carbocycles. The minimum absolute atomic E-state index is 0.0499. The Labute approximate surface area is 159 Å². The fraction of sp³-hybridized carbons (Fsp3) is 0.600. The molecule has 1 aromatic rings. The molecule has 0 bridgehead atoms. The number of hydrogen-bond donors (Lipinski definition) is 1. The molecule has 7 nitrogen and oxygen atoms in total. The van der Waals surface area contributed by atoms with Gasteiger partial charge in [0.25, 0.3) is 0 Å². The third kappa shape index (κ3) is 3.66. The number of piperidine rings is 1. The average Bonchev–Trinajstić information content (AvgIpc) is 3.25. The van der Waals surface area contributed by atoms with Crippen molar-refractivity contribution in [3.8, 4) is 0 Å². The highest BCUT2D eigenvalue weighted by Gasteiger charge is 2.41. The lowest BCUT2D eigenvalue weighted by Gasteiger charge is -2.37. The number of carbonyl (C=O) groups excluding carboxylic acids is 2. The Hall–Kier alpha value is -2.12. The Morgan fingerprint density at radius 2 is 1.85 bits per heavy atom. The Kier molecular flexibility index (Phi) is 4.82. The predicted octanol–water partition coefficient (Wildman–Crippen LogP) is 1.96. The van der Waals surface area contributed by atoms with Crippen molar-refractivity contribution in [2.45, 2.75) is 44.9 Å². The number of nitrogens with zero attached hydrogens (tertiary/aromatic N) is 2. The van der Waals surface area contributed by atoms with Gasteiger partial charge < -0.3 is 24.6 Å². The van der Waals surface area contributed by atoms with Crippen LogP contribution in [0.3, 0.4) is 0 Å². The molecule has 0 unspecified atom stereocenters. The molecule has 3 amide bonds. The average molecular weight is 373 g/mol. The van der Waals surface area contributed by atoms with Gasteiger partial charge in [-0.25, -0.2) is 4.79 Å². The van der Waals surface area contributed by atoms with Gasteiger partial charge in [-0.05, 0) is 37.1 Å². The SMILES string of the molecule is Cc1ccc(N2C[C@H](NC(=O)N3CCC4(CC3)OCCO4)CC2=O)cc1C. The zero-order chi connectivity index (χ0) is 19.0. The second-order valence-corrected chi connectivity index (χ2v) is 7.72. The number of benzene rings is 1. The molecule has 0 radical (unpaired) electrons. The van der Waals surface area contributed by atoms with E-state index in [-0.39, 0.29) is 18.0 Å². The number of carbonyl (C=O) groups is 2. The Morgan fingerprint density at radius 3 is 2.52 bits per heavy atom. The van der Waals surface area contributed by atoms with Crippen LogP contribution in [0.1, 0.15) is 30.4 Å². The predicted molar refractivity (Wildman–Crippen MR) is 101 cm³/mol. The van der Waals surface area contributed by atoms with Crippen molar-refractivity contribution in [1.29, 1.82) is 0 Å². The summed E-state index contributed by atoms with van der Waals surface area (Å²) in [5.74, 6) is -0.436. The highest BCUT2D eigenvalue weighted by Crippen LogP contribution is 2.31. The number of anilines is 1. The molecule has 3 saturated heterocycles. The van der Waals surface area contributed by atoms with Gasteiger partial charge in [0.1, 0.15) is 0 Å². The van der Waals surface area contributed by atoms with Gasteiger partial charge in [0.05, 0.1) is 19.3 Å². The van der Waals surface area contributed by atoms with E-state index in [0.29, 0.717) is 52.1 Å². The quantitative estimate of drug-likeness (QED) is 0.860. The molecular formula is C20H27N3O4. The molecule has 4 rings (SSSR count). The first-order valence-corrected chi connectivity index (χ1v) is 9.67. The van der Waals surface area contributed by atoms with E-state index in [2.05, 4.69) is 12.2 Å². The van der Waals surface area contributed by atoms with Crippen LogP contribution < -0.4 is 10.2 Å². The monoisotopic (exact) mass is 373 g/mol. The van der Waals surface area contributed by atoms with E-state index < -0.39 is 5.79 Å². The lowest BCUT2D eigenvalue weighted by atomic mass is 10.0. The molecule has 27 heavy (non-hydrogen) atoms. The Bertz CT molecular complexity index is 735. The smallest absolute Gasteiger partial charge is 0.317 e. The summed E-state index contributed by atoms with van der Waals surface area (Å²) in [6, 6.07) is 5.75. The third-order valence-electron chi connectivity index (χ3n) is 5.88. The molecule has 7 heteroatoms. The number of nitrogens with one attached hydrogen (secondary N) is 1. The molecule has 146 valence electrons. The summed E-state index contributed by atoms with van der Waals surface area (Å²) < 4.78 is 11.4. The van der Waals surface area contributed by atoms with E-state index in [9.17, 15) is 9.59 Å². The summed E-state index contributed by atoms with van der Waals surface area (Å²) in [7, 11) is 0. The van der Waals surface area contributed by atoms with Crippen molar-refractivity contribution in [3.05, 3.63) is 29.3 Å². The summed E-state index contributed by atoms with van der Waals surface area (Å²) in [6.07, 6.45) is 1.72. The van der Waals surface area contributed by atoms with E-state index >= 15 is 0 Å². The van der Waals surface area contributed by atoms with Gasteiger partial charge in [0, 0.05) is 44.6 Å². The number of ether oxygens (including phenoxy) is 2. The number of urea groups is 1. The largest absolute Gasteiger partial charge is 0.347 e. The molecule has 1 N–H and O–H groups in total. The van der Waals surface area contributed by atoms with E-state index in [1.807, 2.05) is 25.1 Å². The minimum Gasteiger partial charge on any atom is -0.347 e. The van der Waals surface area contributed by atoms with Crippen molar-refractivity contribution in [1.82, 2.24) is 10.2 Å². The molecule has 0 aliphatic carbocycles. The molecule has 1 aromatic carbocycles. The van der Waals surface area contributed by atoms with Crippen LogP contribution in [0.2, 0.25) is 0 Å². The minimum atomic E-state index is -0.486. The lowest BCUT2D eigenvalue weighted by molar-refractivity contribution is -0.181. The summed E-state index contributed by atoms with van der Waals surface area (Å²) in [5, 5.41) is 3.03. The van der Waals surface area contributed by atoms with Crippen molar-refractivity contribution >= 4 is 17.6 Å². The van der Waals surface area contributed by atoms with Gasteiger partial charge in [-0.3, -0.25) is 4.79 Å². The van der Waals surface area contributed by atoms with Crippen molar-refractivity contribution < 1.29 is 19.1 Å². The van der Waals surface area contributed by atoms with Crippen molar-refractivity contribution in [3.63, 3.8) is 0 Å². The standard InChI is InChI=1S/C20H27N3O4/c1-14-3-4-17(11-15(14)2)23-13-16(12-18(23)24)21-19(25)22-7-5-20(6-8-22)26-9-10-27-20/h3-4,11,16H,5-10,12-13H2,1-2H3,(H,21,25)/t16-/m1/s1. The summed E-state index contributed by atoms with van der Waals surface area (Å²) in [4.78, 5) is 28.6. The number of aryl methyl sites for hydroxylation is 2. The fourth-order valence-corrected chi connectivity index (χ4v) is 4.05. The summed E-state index contributed by atoms with van der Waals surface area (Å²) in [6.45, 7) is 7.07. The zero-order valence-electron chi connectivity index (χ0n) is 16.0. The Balaban J connectivity index is 1.33. The first kappa shape index (κ1) is 18.3. The lowest BCUT2D eigenvalue weighted by Crippen LogP contribution is -2.52. The first-order chi connectivity index (χ1) is 13.0. The van der Waals surface area contributed by atoms with E-state index in [0.717, 1.165) is 11.3 Å². The van der Waals surface area contributed by atoms with Gasteiger partial charge in [0.15, 0.2) is 5.79 Å². The molecule has 1 atom stereocenters. The van der Waals surface area contributed by atoms with E-state index in [1.54, 1.807) is 9.80 Å². The maximum atomic E-state index is 12.6. The number of likely N-dealkylation sites (tertiary alicyclic amines) is 1. The van der Waals surface area contributed by atoms with Crippen LogP contribution in [0.5, 0.6) is 0 Å². The van der Waals surface area contributed by atoms with Crippen LogP contribution >= 0.6 is 0 Å². The van der Waals surface area contributed by atoms with E-state index in [4.69, 9.17) is 9.47 Å². The summed E-state index contributed by atoms with van der Waals surface area (Å²) >= 11 is 0.